The van der Waals surface area contributed by atoms with E-state index in [0.29, 0.717) is 0 Å². The number of hydrogen-bond donors (Lipinski definition) is 0. The maximum atomic E-state index is 8.41. The fourth-order valence-corrected chi connectivity index (χ4v) is 1.37. The maximum Gasteiger partial charge on any atom is 0.122 e. The normalized spacial score (nSPS) is 11.6. The molecule has 14 heavy (non-hydrogen) atoms. The van der Waals surface area contributed by atoms with Crippen LogP contribution in [0.3, 0.4) is 0 Å². The summed E-state index contributed by atoms with van der Waals surface area (Å²) in [5.74, 6) is 0.770. The van der Waals surface area contributed by atoms with Crippen LogP contribution in [0.25, 0.3) is 10.4 Å². The van der Waals surface area contributed by atoms with Crippen molar-refractivity contribution >= 4 is 0 Å². The van der Waals surface area contributed by atoms with E-state index >= 15 is 0 Å². The van der Waals surface area contributed by atoms with Crippen LogP contribution in [-0.2, 0) is 0 Å². The van der Waals surface area contributed by atoms with E-state index in [0.717, 1.165) is 17.7 Å². The van der Waals surface area contributed by atoms with Crippen molar-refractivity contribution in [1.82, 2.24) is 0 Å². The average molecular weight is 191 g/mol. The van der Waals surface area contributed by atoms with Crippen LogP contribution < -0.4 is 4.74 Å². The minimum Gasteiger partial charge on any atom is -0.496 e. The second-order valence-corrected chi connectivity index (χ2v) is 2.87. The van der Waals surface area contributed by atoms with Gasteiger partial charge in [-0.05, 0) is 18.0 Å². The van der Waals surface area contributed by atoms with E-state index in [2.05, 4.69) is 10.0 Å². The third kappa shape index (κ3) is 2.18. The molecule has 0 aliphatic carbocycles. The first-order valence-electron chi connectivity index (χ1n) is 4.50. The topological polar surface area (TPSA) is 58.0 Å². The Morgan fingerprint density at radius 1 is 1.50 bits per heavy atom. The molecule has 0 N–H and O–H groups in total. The third-order valence-corrected chi connectivity index (χ3v) is 2.08. The third-order valence-electron chi connectivity index (χ3n) is 2.08. The Kier molecular flexibility index (Phi) is 3.83. The molecule has 0 spiro atoms. The number of para-hydroxylation sites is 1. The first kappa shape index (κ1) is 10.4. The van der Waals surface area contributed by atoms with E-state index in [-0.39, 0.29) is 6.04 Å². The molecule has 0 aliphatic heterocycles. The van der Waals surface area contributed by atoms with Gasteiger partial charge in [0.1, 0.15) is 5.75 Å². The van der Waals surface area contributed by atoms with Crippen molar-refractivity contribution in [3.63, 3.8) is 0 Å². The highest BCUT2D eigenvalue weighted by Gasteiger charge is 2.11. The van der Waals surface area contributed by atoms with E-state index in [4.69, 9.17) is 10.3 Å². The molecule has 0 aliphatic rings. The van der Waals surface area contributed by atoms with Crippen molar-refractivity contribution in [1.29, 1.82) is 0 Å². The van der Waals surface area contributed by atoms with E-state index in [1.54, 1.807) is 7.11 Å². The summed E-state index contributed by atoms with van der Waals surface area (Å²) in [7, 11) is 1.61. The van der Waals surface area contributed by atoms with Gasteiger partial charge >= 0.3 is 0 Å². The van der Waals surface area contributed by atoms with Gasteiger partial charge in [0.15, 0.2) is 0 Å². The predicted octanol–water partition coefficient (Wildman–Crippen LogP) is 3.46. The highest BCUT2D eigenvalue weighted by molar-refractivity contribution is 5.35. The molecule has 1 aromatic rings. The van der Waals surface area contributed by atoms with Gasteiger partial charge in [0, 0.05) is 10.5 Å². The van der Waals surface area contributed by atoms with Gasteiger partial charge in [0.05, 0.1) is 13.2 Å². The molecule has 0 fully saturated rings. The zero-order valence-corrected chi connectivity index (χ0v) is 8.34. The number of benzene rings is 1. The summed E-state index contributed by atoms with van der Waals surface area (Å²) in [5, 5.41) is 3.72. The van der Waals surface area contributed by atoms with Crippen molar-refractivity contribution in [3.8, 4) is 5.75 Å². The Bertz CT molecular complexity index is 345. The molecule has 1 atom stereocenters. The summed E-state index contributed by atoms with van der Waals surface area (Å²) in [6.07, 6.45) is 0.768. The van der Waals surface area contributed by atoms with E-state index in [1.165, 1.54) is 0 Å². The molecule has 0 amide bonds. The van der Waals surface area contributed by atoms with Gasteiger partial charge in [0.2, 0.25) is 0 Å². The minimum atomic E-state index is -0.142. The van der Waals surface area contributed by atoms with Crippen LogP contribution in [0.2, 0.25) is 0 Å². The summed E-state index contributed by atoms with van der Waals surface area (Å²) in [6.45, 7) is 1.98. The second kappa shape index (κ2) is 5.14. The molecule has 0 saturated carbocycles. The van der Waals surface area contributed by atoms with E-state index in [1.807, 2.05) is 31.2 Å². The second-order valence-electron chi connectivity index (χ2n) is 2.87. The number of azide groups is 1. The lowest BCUT2D eigenvalue weighted by Gasteiger charge is -2.12. The quantitative estimate of drug-likeness (QED) is 0.408. The summed E-state index contributed by atoms with van der Waals surface area (Å²) >= 11 is 0. The first-order chi connectivity index (χ1) is 6.83. The maximum absolute atomic E-state index is 8.41. The SMILES string of the molecule is CC[C@@H](N=[N+]=[N-])c1ccccc1OC. The molecule has 0 heterocycles. The molecule has 74 valence electrons. The molecular formula is C10H13N3O. The van der Waals surface area contributed by atoms with Gasteiger partial charge in [-0.1, -0.05) is 30.2 Å². The Morgan fingerprint density at radius 3 is 2.79 bits per heavy atom. The monoisotopic (exact) mass is 191 g/mol. The Labute approximate surface area is 83.1 Å². The predicted molar refractivity (Wildman–Crippen MR) is 55.2 cm³/mol. The number of rotatable bonds is 4. The molecule has 0 aromatic heterocycles. The highest BCUT2D eigenvalue weighted by atomic mass is 16.5. The van der Waals surface area contributed by atoms with E-state index in [9.17, 15) is 0 Å². The lowest BCUT2D eigenvalue weighted by Crippen LogP contribution is -1.96. The van der Waals surface area contributed by atoms with Crippen LogP contribution in [0, 0.1) is 0 Å². The number of ether oxygens (including phenoxy) is 1. The van der Waals surface area contributed by atoms with Gasteiger partial charge in [-0.3, -0.25) is 0 Å². The smallest absolute Gasteiger partial charge is 0.122 e. The lowest BCUT2D eigenvalue weighted by molar-refractivity contribution is 0.405. The van der Waals surface area contributed by atoms with Crippen molar-refractivity contribution in [3.05, 3.63) is 40.3 Å². The van der Waals surface area contributed by atoms with Gasteiger partial charge in [0.25, 0.3) is 0 Å². The fourth-order valence-electron chi connectivity index (χ4n) is 1.37. The van der Waals surface area contributed by atoms with Crippen molar-refractivity contribution in [2.45, 2.75) is 19.4 Å². The van der Waals surface area contributed by atoms with Crippen LogP contribution in [0.4, 0.5) is 0 Å². The van der Waals surface area contributed by atoms with Gasteiger partial charge in [-0.15, -0.1) is 0 Å². The molecule has 0 bridgehead atoms. The summed E-state index contributed by atoms with van der Waals surface area (Å²) in [6, 6.07) is 7.45. The highest BCUT2D eigenvalue weighted by Crippen LogP contribution is 2.29. The van der Waals surface area contributed by atoms with Gasteiger partial charge in [-0.2, -0.15) is 0 Å². The van der Waals surface area contributed by atoms with Crippen molar-refractivity contribution in [2.24, 2.45) is 5.11 Å². The van der Waals surface area contributed by atoms with Crippen LogP contribution in [0.1, 0.15) is 24.9 Å². The summed E-state index contributed by atoms with van der Waals surface area (Å²) < 4.78 is 5.19. The molecular weight excluding hydrogens is 178 g/mol. The van der Waals surface area contributed by atoms with Gasteiger partial charge < -0.3 is 4.74 Å². The minimum absolute atomic E-state index is 0.142. The zero-order chi connectivity index (χ0) is 10.4. The molecule has 1 aromatic carbocycles. The number of methoxy groups -OCH3 is 1. The standard InChI is InChI=1S/C10H13N3O/c1-3-9(12-13-11)8-6-4-5-7-10(8)14-2/h4-7,9H,3H2,1-2H3/t9-/m1/s1. The van der Waals surface area contributed by atoms with E-state index < -0.39 is 0 Å². The lowest BCUT2D eigenvalue weighted by atomic mass is 10.0. The summed E-state index contributed by atoms with van der Waals surface area (Å²) in [4.78, 5) is 2.83. The van der Waals surface area contributed by atoms with Crippen LogP contribution in [0.5, 0.6) is 5.75 Å². The average Bonchev–Trinajstić information content (AvgIpc) is 2.26. The first-order valence-corrected chi connectivity index (χ1v) is 4.50. The Balaban J connectivity index is 3.08. The molecule has 1 rings (SSSR count). The zero-order valence-electron chi connectivity index (χ0n) is 8.34. The van der Waals surface area contributed by atoms with Crippen LogP contribution in [-0.4, -0.2) is 7.11 Å². The van der Waals surface area contributed by atoms with Crippen LogP contribution >= 0.6 is 0 Å². The Morgan fingerprint density at radius 2 is 2.21 bits per heavy atom. The molecule has 0 saturated heterocycles. The number of hydrogen-bond acceptors (Lipinski definition) is 2. The van der Waals surface area contributed by atoms with Crippen LogP contribution in [0.15, 0.2) is 29.4 Å². The molecule has 0 unspecified atom stereocenters. The summed E-state index contributed by atoms with van der Waals surface area (Å²) in [5.41, 5.74) is 9.35. The molecule has 4 nitrogen and oxygen atoms in total. The van der Waals surface area contributed by atoms with Crippen molar-refractivity contribution < 1.29 is 4.74 Å². The largest absolute Gasteiger partial charge is 0.496 e. The molecule has 4 heteroatoms. The fraction of sp³-hybridized carbons (Fsp3) is 0.400. The van der Waals surface area contributed by atoms with Gasteiger partial charge in [-0.25, -0.2) is 0 Å². The molecule has 0 radical (unpaired) electrons. The Hall–Kier alpha value is -1.67. The number of nitrogens with zero attached hydrogens (tertiary/aromatic N) is 3. The van der Waals surface area contributed by atoms with Crippen molar-refractivity contribution in [2.75, 3.05) is 7.11 Å².